The fraction of sp³-hybridized carbons (Fsp3) is 0.381. The van der Waals surface area contributed by atoms with Crippen LogP contribution in [0.4, 0.5) is 4.79 Å². The molecule has 10 heteroatoms. The van der Waals surface area contributed by atoms with Crippen LogP contribution in [0.15, 0.2) is 41.3 Å². The van der Waals surface area contributed by atoms with Gasteiger partial charge in [0.25, 0.3) is 5.56 Å². The van der Waals surface area contributed by atoms with Gasteiger partial charge in [-0.25, -0.2) is 14.2 Å². The van der Waals surface area contributed by atoms with Crippen molar-refractivity contribution in [2.75, 3.05) is 32.8 Å². The highest BCUT2D eigenvalue weighted by Gasteiger charge is 2.26. The van der Waals surface area contributed by atoms with Crippen molar-refractivity contribution in [2.24, 2.45) is 0 Å². The lowest BCUT2D eigenvalue weighted by Gasteiger charge is -2.34. The third-order valence-electron chi connectivity index (χ3n) is 5.31. The van der Waals surface area contributed by atoms with E-state index in [2.05, 4.69) is 10.2 Å². The number of rotatable bonds is 4. The van der Waals surface area contributed by atoms with Crippen LogP contribution in [-0.2, 0) is 16.1 Å². The van der Waals surface area contributed by atoms with E-state index < -0.39 is 0 Å². The predicted octanol–water partition coefficient (Wildman–Crippen LogP) is 1.19. The summed E-state index contributed by atoms with van der Waals surface area (Å²) in [5, 5.41) is 9.34. The molecule has 4 rings (SSSR count). The minimum atomic E-state index is -0.375. The highest BCUT2D eigenvalue weighted by Crippen LogP contribution is 2.17. The molecule has 0 aliphatic carbocycles. The van der Waals surface area contributed by atoms with Crippen LogP contribution in [0.5, 0.6) is 0 Å². The molecule has 10 nitrogen and oxygen atoms in total. The summed E-state index contributed by atoms with van der Waals surface area (Å²) in [5.41, 5.74) is 1.39. The zero-order valence-electron chi connectivity index (χ0n) is 17.5. The molecule has 0 saturated carbocycles. The largest absolute Gasteiger partial charge is 0.450 e. The first-order valence-electron chi connectivity index (χ1n) is 10.2. The highest BCUT2D eigenvalue weighted by molar-refractivity contribution is 5.82. The van der Waals surface area contributed by atoms with E-state index in [9.17, 15) is 14.4 Å². The lowest BCUT2D eigenvalue weighted by Crippen LogP contribution is -2.51. The Bertz CT molecular complexity index is 1160. The average Bonchev–Trinajstić information content (AvgIpc) is 3.24. The second-order valence-corrected chi connectivity index (χ2v) is 7.27. The van der Waals surface area contributed by atoms with Crippen LogP contribution in [0.3, 0.4) is 0 Å². The SMILES string of the molecule is CCOC(=O)N1CCN(C(=O)Cn2nc(C)c3cnn(-c4ccccc4)c3c2=O)CC1. The van der Waals surface area contributed by atoms with Crippen LogP contribution in [0, 0.1) is 6.92 Å². The molecule has 1 fully saturated rings. The molecule has 3 aromatic rings. The molecule has 31 heavy (non-hydrogen) atoms. The molecule has 0 N–H and O–H groups in total. The molecule has 1 aliphatic heterocycles. The number of benzene rings is 1. The monoisotopic (exact) mass is 424 g/mol. The molecule has 1 saturated heterocycles. The number of carbonyl (C=O) groups is 2. The van der Waals surface area contributed by atoms with Gasteiger partial charge in [0.1, 0.15) is 12.1 Å². The standard InChI is InChI=1S/C21H24N6O4/c1-3-31-21(30)25-11-9-24(10-12-25)18(28)14-26-20(29)19-17(15(2)23-26)13-22-27(19)16-7-5-4-6-8-16/h4-8,13H,3,9-12,14H2,1-2H3. The first-order valence-corrected chi connectivity index (χ1v) is 10.2. The van der Waals surface area contributed by atoms with Gasteiger partial charge in [0.05, 0.1) is 24.2 Å². The maximum absolute atomic E-state index is 13.2. The summed E-state index contributed by atoms with van der Waals surface area (Å²) >= 11 is 0. The third-order valence-corrected chi connectivity index (χ3v) is 5.31. The van der Waals surface area contributed by atoms with E-state index in [1.165, 1.54) is 4.68 Å². The van der Waals surface area contributed by atoms with Crippen molar-refractivity contribution in [3.8, 4) is 5.69 Å². The fourth-order valence-electron chi connectivity index (χ4n) is 3.68. The molecule has 3 heterocycles. The molecule has 2 amide bonds. The van der Waals surface area contributed by atoms with Crippen molar-refractivity contribution in [1.82, 2.24) is 29.4 Å². The molecule has 0 unspecified atom stereocenters. The van der Waals surface area contributed by atoms with Gasteiger partial charge in [-0.3, -0.25) is 9.59 Å². The molecule has 0 spiro atoms. The van der Waals surface area contributed by atoms with Gasteiger partial charge in [0.15, 0.2) is 0 Å². The summed E-state index contributed by atoms with van der Waals surface area (Å²) in [6.07, 6.45) is 1.25. The molecular weight excluding hydrogens is 400 g/mol. The number of aryl methyl sites for hydroxylation is 1. The van der Waals surface area contributed by atoms with Gasteiger partial charge in [0, 0.05) is 31.6 Å². The van der Waals surface area contributed by atoms with Crippen molar-refractivity contribution in [2.45, 2.75) is 20.4 Å². The van der Waals surface area contributed by atoms with Gasteiger partial charge in [-0.05, 0) is 26.0 Å². The van der Waals surface area contributed by atoms with E-state index in [0.29, 0.717) is 49.4 Å². The van der Waals surface area contributed by atoms with Crippen molar-refractivity contribution in [3.05, 3.63) is 52.6 Å². The molecule has 2 aromatic heterocycles. The van der Waals surface area contributed by atoms with Crippen LogP contribution in [-0.4, -0.2) is 74.1 Å². The molecule has 162 valence electrons. The number of nitrogens with zero attached hydrogens (tertiary/aromatic N) is 6. The zero-order chi connectivity index (χ0) is 22.0. The van der Waals surface area contributed by atoms with E-state index in [1.807, 2.05) is 30.3 Å². The number of piperazine rings is 1. The number of carbonyl (C=O) groups excluding carboxylic acids is 2. The first kappa shape index (κ1) is 20.6. The average molecular weight is 424 g/mol. The summed E-state index contributed by atoms with van der Waals surface area (Å²) in [6, 6.07) is 9.35. The second kappa shape index (κ2) is 8.58. The Morgan fingerprint density at radius 3 is 2.42 bits per heavy atom. The number of amides is 2. The smallest absolute Gasteiger partial charge is 0.409 e. The fourth-order valence-corrected chi connectivity index (χ4v) is 3.68. The first-order chi connectivity index (χ1) is 15.0. The lowest BCUT2D eigenvalue weighted by atomic mass is 10.2. The van der Waals surface area contributed by atoms with Crippen LogP contribution in [0.2, 0.25) is 0 Å². The van der Waals surface area contributed by atoms with Crippen molar-refractivity contribution in [1.29, 1.82) is 0 Å². The number of hydrogen-bond donors (Lipinski definition) is 0. The maximum Gasteiger partial charge on any atom is 0.409 e. The molecule has 1 aromatic carbocycles. The highest BCUT2D eigenvalue weighted by atomic mass is 16.6. The zero-order valence-corrected chi connectivity index (χ0v) is 17.5. The van der Waals surface area contributed by atoms with Crippen molar-refractivity contribution >= 4 is 22.9 Å². The molecule has 0 bridgehead atoms. The predicted molar refractivity (Wildman–Crippen MR) is 113 cm³/mol. The number of ether oxygens (including phenoxy) is 1. The normalized spacial score (nSPS) is 14.1. The summed E-state index contributed by atoms with van der Waals surface area (Å²) < 4.78 is 7.77. The van der Waals surface area contributed by atoms with Gasteiger partial charge in [-0.15, -0.1) is 0 Å². The minimum absolute atomic E-state index is 0.172. The maximum atomic E-state index is 13.2. The van der Waals surface area contributed by atoms with E-state index >= 15 is 0 Å². The summed E-state index contributed by atoms with van der Waals surface area (Å²) in [6.45, 7) is 5.24. The summed E-state index contributed by atoms with van der Waals surface area (Å²) in [5.74, 6) is -0.220. The van der Waals surface area contributed by atoms with E-state index in [1.54, 1.807) is 34.5 Å². The number of hydrogen-bond acceptors (Lipinski definition) is 6. The van der Waals surface area contributed by atoms with Crippen LogP contribution in [0.1, 0.15) is 12.6 Å². The topological polar surface area (TPSA) is 103 Å². The van der Waals surface area contributed by atoms with Gasteiger partial charge in [-0.2, -0.15) is 10.2 Å². The van der Waals surface area contributed by atoms with Gasteiger partial charge >= 0.3 is 6.09 Å². The summed E-state index contributed by atoms with van der Waals surface area (Å²) in [4.78, 5) is 41.0. The third kappa shape index (κ3) is 4.00. The Balaban J connectivity index is 1.55. The van der Waals surface area contributed by atoms with Crippen molar-refractivity contribution in [3.63, 3.8) is 0 Å². The Hall–Kier alpha value is -3.69. The number of para-hydroxylation sites is 1. The van der Waals surface area contributed by atoms with Crippen LogP contribution >= 0.6 is 0 Å². The van der Waals surface area contributed by atoms with E-state index in [-0.39, 0.29) is 24.1 Å². The van der Waals surface area contributed by atoms with Crippen molar-refractivity contribution < 1.29 is 14.3 Å². The van der Waals surface area contributed by atoms with Gasteiger partial charge in [-0.1, -0.05) is 18.2 Å². The lowest BCUT2D eigenvalue weighted by molar-refractivity contribution is -0.133. The Morgan fingerprint density at radius 2 is 1.74 bits per heavy atom. The minimum Gasteiger partial charge on any atom is -0.450 e. The summed E-state index contributed by atoms with van der Waals surface area (Å²) in [7, 11) is 0. The van der Waals surface area contributed by atoms with Crippen LogP contribution in [0.25, 0.3) is 16.6 Å². The van der Waals surface area contributed by atoms with Gasteiger partial charge in [0.2, 0.25) is 5.91 Å². The van der Waals surface area contributed by atoms with Crippen LogP contribution < -0.4 is 5.56 Å². The second-order valence-electron chi connectivity index (χ2n) is 7.27. The van der Waals surface area contributed by atoms with Gasteiger partial charge < -0.3 is 14.5 Å². The molecule has 0 radical (unpaired) electrons. The molecule has 1 aliphatic rings. The quantitative estimate of drug-likeness (QED) is 0.623. The molecule has 0 atom stereocenters. The Kier molecular flexibility index (Phi) is 5.70. The van der Waals surface area contributed by atoms with E-state index in [4.69, 9.17) is 4.74 Å². The van der Waals surface area contributed by atoms with E-state index in [0.717, 1.165) is 5.69 Å². The molecular formula is C21H24N6O4. The number of aromatic nitrogens is 4. The Morgan fingerprint density at radius 1 is 1.06 bits per heavy atom. The Labute approximate surface area is 178 Å². The number of fused-ring (bicyclic) bond motifs is 1.